The molecular weight excluding hydrogens is 321 g/mol. The van der Waals surface area contributed by atoms with Crippen molar-refractivity contribution >= 4 is 29.1 Å². The molecule has 1 amide bonds. The first-order valence-corrected chi connectivity index (χ1v) is 7.63. The van der Waals surface area contributed by atoms with Crippen molar-refractivity contribution < 1.29 is 4.79 Å². The summed E-state index contributed by atoms with van der Waals surface area (Å²) in [5, 5.41) is 1.05. The lowest BCUT2D eigenvalue weighted by Gasteiger charge is -2.16. The van der Waals surface area contributed by atoms with E-state index in [-0.39, 0.29) is 12.5 Å². The molecule has 1 aliphatic rings. The number of aryl methyl sites for hydroxylation is 1. The Hall–Kier alpha value is -1.62. The largest absolute Gasteiger partial charge is 0.336 e. The smallest absolute Gasteiger partial charge is 0.256 e. The van der Waals surface area contributed by atoms with Gasteiger partial charge in [-0.05, 0) is 24.6 Å². The van der Waals surface area contributed by atoms with E-state index in [4.69, 9.17) is 28.9 Å². The summed E-state index contributed by atoms with van der Waals surface area (Å²) in [7, 11) is 1.76. The zero-order valence-corrected chi connectivity index (χ0v) is 13.8. The molecule has 0 saturated heterocycles. The second kappa shape index (κ2) is 5.54. The van der Waals surface area contributed by atoms with E-state index in [1.165, 1.54) is 0 Å². The van der Waals surface area contributed by atoms with Crippen molar-refractivity contribution in [3.63, 3.8) is 0 Å². The summed E-state index contributed by atoms with van der Waals surface area (Å²) in [6.07, 6.45) is 0. The lowest BCUT2D eigenvalue weighted by Crippen LogP contribution is -2.18. The first kappa shape index (κ1) is 15.3. The number of pyridine rings is 1. The molecule has 114 valence electrons. The number of amides is 1. The van der Waals surface area contributed by atoms with E-state index in [0.29, 0.717) is 22.2 Å². The minimum absolute atomic E-state index is 0.0572. The molecular formula is C16H15Cl2N3O. The molecule has 6 heteroatoms. The Balaban J connectivity index is 2.37. The Morgan fingerprint density at radius 2 is 2.05 bits per heavy atom. The van der Waals surface area contributed by atoms with E-state index < -0.39 is 0 Å². The summed E-state index contributed by atoms with van der Waals surface area (Å²) in [5.74, 6) is -0.0572. The van der Waals surface area contributed by atoms with Crippen molar-refractivity contribution in [3.8, 4) is 11.1 Å². The summed E-state index contributed by atoms with van der Waals surface area (Å²) in [5.41, 5.74) is 10.5. The SMILES string of the molecule is Cc1nc2c(c(-c3ccc(Cl)cc3Cl)c1CN)C(=O)N(C)C2. The second-order valence-corrected chi connectivity index (χ2v) is 6.21. The van der Waals surface area contributed by atoms with Crippen LogP contribution in [0.4, 0.5) is 0 Å². The maximum Gasteiger partial charge on any atom is 0.256 e. The van der Waals surface area contributed by atoms with Gasteiger partial charge in [-0.3, -0.25) is 9.78 Å². The van der Waals surface area contributed by atoms with Crippen molar-refractivity contribution in [2.24, 2.45) is 5.73 Å². The van der Waals surface area contributed by atoms with Gasteiger partial charge in [0, 0.05) is 40.5 Å². The van der Waals surface area contributed by atoms with Crippen molar-refractivity contribution in [2.45, 2.75) is 20.0 Å². The summed E-state index contributed by atoms with van der Waals surface area (Å²) < 4.78 is 0. The molecule has 22 heavy (non-hydrogen) atoms. The molecule has 1 aromatic heterocycles. The summed E-state index contributed by atoms with van der Waals surface area (Å²) >= 11 is 12.3. The van der Waals surface area contributed by atoms with Crippen LogP contribution in [-0.4, -0.2) is 22.8 Å². The van der Waals surface area contributed by atoms with Crippen molar-refractivity contribution in [1.82, 2.24) is 9.88 Å². The number of fused-ring (bicyclic) bond motifs is 1. The Labute approximate surface area is 138 Å². The number of nitrogens with two attached hydrogens (primary N) is 1. The highest BCUT2D eigenvalue weighted by molar-refractivity contribution is 6.36. The van der Waals surface area contributed by atoms with Crippen LogP contribution in [0.5, 0.6) is 0 Å². The molecule has 2 heterocycles. The molecule has 0 spiro atoms. The Morgan fingerprint density at radius 1 is 1.32 bits per heavy atom. The minimum Gasteiger partial charge on any atom is -0.336 e. The van der Waals surface area contributed by atoms with Gasteiger partial charge in [0.2, 0.25) is 0 Å². The van der Waals surface area contributed by atoms with Crippen molar-refractivity contribution in [1.29, 1.82) is 0 Å². The van der Waals surface area contributed by atoms with Gasteiger partial charge in [0.15, 0.2) is 0 Å². The maximum absolute atomic E-state index is 12.5. The molecule has 3 rings (SSSR count). The van der Waals surface area contributed by atoms with Gasteiger partial charge in [0.25, 0.3) is 5.91 Å². The predicted octanol–water partition coefficient (Wildman–Crippen LogP) is 3.41. The van der Waals surface area contributed by atoms with Crippen LogP contribution < -0.4 is 5.73 Å². The van der Waals surface area contributed by atoms with Gasteiger partial charge >= 0.3 is 0 Å². The van der Waals surface area contributed by atoms with E-state index in [2.05, 4.69) is 4.98 Å². The number of hydrogen-bond donors (Lipinski definition) is 1. The van der Waals surface area contributed by atoms with Gasteiger partial charge in [-0.2, -0.15) is 0 Å². The zero-order valence-electron chi connectivity index (χ0n) is 12.3. The van der Waals surface area contributed by atoms with Crippen LogP contribution in [0, 0.1) is 6.92 Å². The van der Waals surface area contributed by atoms with Gasteiger partial charge < -0.3 is 10.6 Å². The van der Waals surface area contributed by atoms with E-state index in [1.807, 2.05) is 13.0 Å². The van der Waals surface area contributed by atoms with E-state index >= 15 is 0 Å². The number of nitrogens with zero attached hydrogens (tertiary/aromatic N) is 2. The summed E-state index contributed by atoms with van der Waals surface area (Å²) in [4.78, 5) is 18.7. The van der Waals surface area contributed by atoms with E-state index in [9.17, 15) is 4.79 Å². The van der Waals surface area contributed by atoms with Crippen molar-refractivity contribution in [3.05, 3.63) is 50.8 Å². The Morgan fingerprint density at radius 3 is 2.68 bits per heavy atom. The van der Waals surface area contributed by atoms with Crippen LogP contribution >= 0.6 is 23.2 Å². The third-order valence-corrected chi connectivity index (χ3v) is 4.48. The molecule has 0 atom stereocenters. The molecule has 0 radical (unpaired) electrons. The number of carbonyl (C=O) groups is 1. The average molecular weight is 336 g/mol. The number of halogens is 2. The minimum atomic E-state index is -0.0572. The monoisotopic (exact) mass is 335 g/mol. The molecule has 4 nitrogen and oxygen atoms in total. The van der Waals surface area contributed by atoms with Crippen molar-refractivity contribution in [2.75, 3.05) is 7.05 Å². The molecule has 1 aliphatic heterocycles. The second-order valence-electron chi connectivity index (χ2n) is 5.36. The first-order chi connectivity index (χ1) is 10.4. The molecule has 2 N–H and O–H groups in total. The highest BCUT2D eigenvalue weighted by atomic mass is 35.5. The van der Waals surface area contributed by atoms with Gasteiger partial charge in [-0.25, -0.2) is 0 Å². The summed E-state index contributed by atoms with van der Waals surface area (Å²) in [6, 6.07) is 5.25. The quantitative estimate of drug-likeness (QED) is 0.914. The fourth-order valence-electron chi connectivity index (χ4n) is 2.87. The third kappa shape index (κ3) is 2.28. The number of hydrogen-bond acceptors (Lipinski definition) is 3. The van der Waals surface area contributed by atoms with Crippen LogP contribution in [-0.2, 0) is 13.1 Å². The topological polar surface area (TPSA) is 59.2 Å². The van der Waals surface area contributed by atoms with Gasteiger partial charge in [0.1, 0.15) is 0 Å². The lowest BCUT2D eigenvalue weighted by molar-refractivity contribution is 0.0817. The first-order valence-electron chi connectivity index (χ1n) is 6.87. The van der Waals surface area contributed by atoms with E-state index in [1.54, 1.807) is 24.1 Å². The van der Waals surface area contributed by atoms with Gasteiger partial charge in [-0.1, -0.05) is 29.3 Å². The molecule has 0 aliphatic carbocycles. The molecule has 0 bridgehead atoms. The average Bonchev–Trinajstić information content (AvgIpc) is 2.73. The van der Waals surface area contributed by atoms with Crippen LogP contribution in [0.1, 0.15) is 27.3 Å². The van der Waals surface area contributed by atoms with Crippen LogP contribution in [0.15, 0.2) is 18.2 Å². The fourth-order valence-corrected chi connectivity index (χ4v) is 3.38. The highest BCUT2D eigenvalue weighted by Gasteiger charge is 2.32. The van der Waals surface area contributed by atoms with Gasteiger partial charge in [-0.15, -0.1) is 0 Å². The zero-order chi connectivity index (χ0) is 16.0. The molecule has 0 unspecified atom stereocenters. The van der Waals surface area contributed by atoms with Crippen LogP contribution in [0.25, 0.3) is 11.1 Å². The van der Waals surface area contributed by atoms with Gasteiger partial charge in [0.05, 0.1) is 17.8 Å². The lowest BCUT2D eigenvalue weighted by atomic mass is 9.93. The molecule has 2 aromatic rings. The third-order valence-electron chi connectivity index (χ3n) is 3.93. The highest BCUT2D eigenvalue weighted by Crippen LogP contribution is 2.39. The van der Waals surface area contributed by atoms with E-state index in [0.717, 1.165) is 28.1 Å². The Bertz CT molecular complexity index is 789. The fraction of sp³-hybridized carbons (Fsp3) is 0.250. The molecule has 0 saturated carbocycles. The normalized spacial score (nSPS) is 13.7. The number of aromatic nitrogens is 1. The Kier molecular flexibility index (Phi) is 3.85. The number of benzene rings is 1. The number of rotatable bonds is 2. The van der Waals surface area contributed by atoms with Crippen LogP contribution in [0.3, 0.4) is 0 Å². The standard InChI is InChI=1S/C16H15Cl2N3O/c1-8-11(6-19)14(10-4-3-9(17)5-12(10)18)15-13(20-8)7-21(2)16(15)22/h3-5H,6-7,19H2,1-2H3. The molecule has 1 aromatic carbocycles. The predicted molar refractivity (Wildman–Crippen MR) is 88.1 cm³/mol. The maximum atomic E-state index is 12.5. The summed E-state index contributed by atoms with van der Waals surface area (Å²) in [6.45, 7) is 2.69. The molecule has 0 fully saturated rings. The number of carbonyl (C=O) groups excluding carboxylic acids is 1. The van der Waals surface area contributed by atoms with Crippen LogP contribution in [0.2, 0.25) is 10.0 Å².